The van der Waals surface area contributed by atoms with Gasteiger partial charge in [0.2, 0.25) is 53.4 Å². The largest absolute Gasteiger partial charge is 0.507 e. The highest BCUT2D eigenvalue weighted by Crippen LogP contribution is 2.61. The predicted octanol–water partition coefficient (Wildman–Crippen LogP) is 3.01. The summed E-state index contributed by atoms with van der Waals surface area (Å²) in [5, 5.41) is 135. The fourth-order valence-electron chi connectivity index (χ4n) is 16.9. The zero-order valence-electron chi connectivity index (χ0n) is 77.3. The number of carbonyl (C=O) groups is 9. The minimum Gasteiger partial charge on any atom is -0.507 e. The second kappa shape index (κ2) is 48.5. The highest BCUT2D eigenvalue weighted by molar-refractivity contribution is 7.70. The molecule has 772 valence electrons. The molecule has 0 radical (unpaired) electrons. The van der Waals surface area contributed by atoms with Gasteiger partial charge < -0.3 is 173 Å². The third kappa shape index (κ3) is 28.5. The van der Waals surface area contributed by atoms with Crippen LogP contribution in [0.3, 0.4) is 0 Å². The Morgan fingerprint density at radius 3 is 1.85 bits per heavy atom. The van der Waals surface area contributed by atoms with Gasteiger partial charge in [0.15, 0.2) is 41.9 Å². The third-order valence-corrected chi connectivity index (χ3v) is 29.4. The van der Waals surface area contributed by atoms with E-state index in [1.165, 1.54) is 32.4 Å². The SMILES string of the molecule is CCCCCCCCCCNCCNC1(C)CC(OC2C(Oc3c4cc5cc3Oc3ccc(cc3Cl)[C@H](O)C(NC(=O)C(CC(C)C)NC)C(=O)NC(CC(N)=O)C(=O)NC5C(=O)NC3C(=O)NC(C(=O)N[C@@H](C(=O)OCC(=O)Nc5ccc(CC(P(=O)(O)O)P(=O)(O)O)cc5)c5cc(O)c(CNCP(=O)(O)O)c(O)c5-c5cc3ccc5O)[C@H](O)c3ccc(c(Cl)c3)O4)OC(CO)C(O)C2O)OC(C)C1O. The molecular formula is C90H119Cl2N12O34P3. The second-order valence-electron chi connectivity index (χ2n) is 35.7. The number of fused-ring (bicyclic) bond motifs is 15. The van der Waals surface area contributed by atoms with Crippen molar-refractivity contribution in [3.8, 4) is 57.1 Å². The van der Waals surface area contributed by atoms with E-state index in [2.05, 4.69) is 65.4 Å². The smallest absolute Gasteiger partial charge is 0.341 e. The van der Waals surface area contributed by atoms with Gasteiger partial charge in [0, 0.05) is 54.0 Å². The average Bonchev–Trinajstić information content (AvgIpc) is 0.754. The van der Waals surface area contributed by atoms with E-state index in [-0.39, 0.29) is 35.6 Å². The molecule has 0 saturated carbocycles. The number of benzene rings is 6. The standard InChI is InChI=1S/C90H119Cl2N12O34P3/c1-7-8-9-10-11-12-13-14-25-95-26-27-97-90(5)37-66(133-43(4)81(90)115)137-80-78(114)77(113)63(39-105)136-89(80)138-79-61-33-48-34-62(79)135-60-24-19-47(32-54(60)92)75(111)73-87(121)102-71(88(122)132-40-65(109)98-49-20-15-44(16-21-49)29-67(140(126,127)128)141(129,130)131)51-35-58(107)52(38-96-41-139(123,124)125)76(112)68(51)50-30-45(17-22-57(50)106)69(84(118)104-73)101-85(119)70(48)100-83(117)56(36-64(93)108)99-86(120)72(103-82(116)55(94-6)28-42(2)3)74(110)46-18-23-59(134-61)53(91)31-46/h15-24,30-35,42-43,55-56,63,66-67,69-75,77-78,80-81,89,94-97,105-107,110-115H,7-14,25-29,36-41H2,1-6H3,(H2,93,108)(H,98,109)(H,99,120)(H,100,117)(H,101,119)(H,102,121)(H,103,116)(H,104,118)(H2,123,124,125)(H2,126,127,128)(H2,129,130,131)/t43?,55?,56?,63?,66?,69?,70?,71-,72?,73?,74+,75-,77?,78?,80?,81?,89?,90?/m1/s1. The van der Waals surface area contributed by atoms with Crippen molar-refractivity contribution in [3.05, 3.63) is 146 Å². The van der Waals surface area contributed by atoms with Crippen LogP contribution >= 0.6 is 46.0 Å². The summed E-state index contributed by atoms with van der Waals surface area (Å²) in [4.78, 5) is 195. The van der Waals surface area contributed by atoms with Crippen LogP contribution in [0.15, 0.2) is 97.1 Å². The molecule has 0 aliphatic carbocycles. The van der Waals surface area contributed by atoms with Crippen LogP contribution in [0.4, 0.5) is 5.69 Å². The summed E-state index contributed by atoms with van der Waals surface area (Å²) in [5.41, 5.74) is -0.273. The van der Waals surface area contributed by atoms with Crippen LogP contribution in [-0.2, 0) is 88.8 Å². The second-order valence-corrected chi connectivity index (χ2v) is 42.1. The van der Waals surface area contributed by atoms with E-state index in [1.54, 1.807) is 27.7 Å². The van der Waals surface area contributed by atoms with E-state index in [0.717, 1.165) is 124 Å². The van der Waals surface area contributed by atoms with Gasteiger partial charge in [-0.05, 0) is 147 Å². The molecule has 13 rings (SSSR count). The van der Waals surface area contributed by atoms with E-state index >= 15 is 28.8 Å². The lowest BCUT2D eigenvalue weighted by Crippen LogP contribution is -2.65. The Morgan fingerprint density at radius 2 is 1.26 bits per heavy atom. The molecule has 7 aliphatic rings. The zero-order valence-corrected chi connectivity index (χ0v) is 81.5. The molecule has 6 aromatic rings. The molecule has 11 bridgehead atoms. The van der Waals surface area contributed by atoms with E-state index in [0.29, 0.717) is 19.2 Å². The maximum Gasteiger partial charge on any atom is 0.341 e. The molecule has 8 amide bonds. The number of rotatable bonds is 37. The van der Waals surface area contributed by atoms with Gasteiger partial charge in [-0.2, -0.15) is 0 Å². The predicted molar refractivity (Wildman–Crippen MR) is 502 cm³/mol. The van der Waals surface area contributed by atoms with E-state index in [1.807, 2.05) is 0 Å². The molecule has 0 spiro atoms. The number of amides is 8. The molecule has 51 heteroatoms. The molecule has 18 atom stereocenters. The number of carbonyl (C=O) groups excluding carboxylic acids is 9. The number of phenols is 3. The molecule has 7 aliphatic heterocycles. The van der Waals surface area contributed by atoms with Crippen LogP contribution in [-0.4, -0.2) is 259 Å². The van der Waals surface area contributed by atoms with Crippen molar-refractivity contribution in [2.45, 2.75) is 233 Å². The molecule has 2 fully saturated rings. The van der Waals surface area contributed by atoms with Crippen LogP contribution in [0.5, 0.6) is 46.0 Å². The van der Waals surface area contributed by atoms with Crippen molar-refractivity contribution in [2.75, 3.05) is 51.5 Å². The number of hydrogen-bond acceptors (Lipinski definition) is 32. The lowest BCUT2D eigenvalue weighted by Gasteiger charge is -2.48. The van der Waals surface area contributed by atoms with Gasteiger partial charge >= 0.3 is 28.8 Å². The quantitative estimate of drug-likeness (QED) is 0.0151. The first kappa shape index (κ1) is 111. The monoisotopic (exact) mass is 2070 g/mol. The maximum absolute atomic E-state index is 16.6. The number of esters is 1. The number of likely N-dealkylation sites (N-methyl/N-ethyl adjacent to an activating group) is 1. The van der Waals surface area contributed by atoms with Gasteiger partial charge in [0.25, 0.3) is 5.91 Å². The third-order valence-electron chi connectivity index (χ3n) is 24.4. The fourth-order valence-corrected chi connectivity index (χ4v) is 20.3. The van der Waals surface area contributed by atoms with Gasteiger partial charge in [-0.1, -0.05) is 119 Å². The molecule has 2 saturated heterocycles. The van der Waals surface area contributed by atoms with Crippen LogP contribution in [0.25, 0.3) is 11.1 Å². The number of phenolic OH excluding ortho intramolecular Hbond substituents is 3. The molecule has 141 heavy (non-hydrogen) atoms. The summed E-state index contributed by atoms with van der Waals surface area (Å²) in [5.74, 6) is -19.1. The Bertz CT molecular complexity index is 5660. The molecule has 15 unspecified atom stereocenters. The number of aliphatic hydroxyl groups excluding tert-OH is 6. The summed E-state index contributed by atoms with van der Waals surface area (Å²) in [6.45, 7) is 7.33. The van der Waals surface area contributed by atoms with Gasteiger partial charge in [0.1, 0.15) is 89.5 Å². The Kier molecular flexibility index (Phi) is 38.3. The summed E-state index contributed by atoms with van der Waals surface area (Å²) >= 11 is 14.5. The fraction of sp³-hybridized carbons (Fsp3) is 0.500. The first-order valence-corrected chi connectivity index (χ1v) is 51.2. The number of anilines is 1. The van der Waals surface area contributed by atoms with E-state index in [9.17, 15) is 103 Å². The van der Waals surface area contributed by atoms with Crippen LogP contribution < -0.4 is 78.4 Å². The molecule has 28 N–H and O–H groups in total. The Balaban J connectivity index is 1.08. The van der Waals surface area contributed by atoms with Gasteiger partial charge in [-0.25, -0.2) is 4.79 Å². The number of ether oxygens (including phenoxy) is 7. The Hall–Kier alpha value is -10.1. The van der Waals surface area contributed by atoms with Crippen LogP contribution in [0.2, 0.25) is 10.0 Å². The van der Waals surface area contributed by atoms with Gasteiger partial charge in [0.05, 0.1) is 53.2 Å². The summed E-state index contributed by atoms with van der Waals surface area (Å²) < 4.78 is 81.6. The minimum absolute atomic E-state index is 0.0348. The zero-order chi connectivity index (χ0) is 103. The van der Waals surface area contributed by atoms with Crippen molar-refractivity contribution < 1.29 is 165 Å². The average molecular weight is 2080 g/mol. The lowest BCUT2D eigenvalue weighted by molar-refractivity contribution is -0.334. The number of hydrogen-bond donors (Lipinski definition) is 27. The molecular weight excluding hydrogens is 1960 g/mol. The topological polar surface area (TPSA) is 731 Å². The summed E-state index contributed by atoms with van der Waals surface area (Å²) in [7, 11) is -14.3. The number of aliphatic hydroxyl groups is 6. The van der Waals surface area contributed by atoms with Crippen LogP contribution in [0, 0.1) is 5.92 Å². The van der Waals surface area contributed by atoms with E-state index in [4.69, 9.17) is 62.1 Å². The number of primary amides is 1. The highest BCUT2D eigenvalue weighted by atomic mass is 35.5. The molecule has 7 heterocycles. The number of nitrogens with one attached hydrogen (secondary N) is 11. The lowest BCUT2D eigenvalue weighted by atomic mass is 9.85. The highest BCUT2D eigenvalue weighted by Gasteiger charge is 2.53. The van der Waals surface area contributed by atoms with Crippen molar-refractivity contribution in [3.63, 3.8) is 0 Å². The van der Waals surface area contributed by atoms with Crippen molar-refractivity contribution in [2.24, 2.45) is 11.7 Å². The Labute approximate surface area is 818 Å². The van der Waals surface area contributed by atoms with Crippen molar-refractivity contribution in [1.29, 1.82) is 0 Å². The first-order chi connectivity index (χ1) is 66.5. The minimum atomic E-state index is -5.41. The van der Waals surface area contributed by atoms with Gasteiger partial charge in [-0.3, -0.25) is 52.1 Å². The van der Waals surface area contributed by atoms with Crippen molar-refractivity contribution >= 4 is 105 Å². The van der Waals surface area contributed by atoms with Gasteiger partial charge in [-0.15, -0.1) is 0 Å². The summed E-state index contributed by atoms with van der Waals surface area (Å²) in [6.07, 6.45) is -12.4. The Morgan fingerprint density at radius 1 is 0.652 bits per heavy atom. The number of halogens is 2. The molecule has 6 aromatic carbocycles. The maximum atomic E-state index is 16.6. The number of aromatic hydroxyl groups is 3. The number of unbranched alkanes of at least 4 members (excludes halogenated alkanes) is 7. The van der Waals surface area contributed by atoms with Crippen LogP contribution in [0.1, 0.15) is 175 Å². The molecule has 0 aromatic heterocycles. The normalized spacial score (nSPS) is 24.8. The first-order valence-electron chi connectivity index (χ1n) is 45.3. The number of nitrogens with two attached hydrogens (primary N) is 1. The van der Waals surface area contributed by atoms with Crippen molar-refractivity contribution in [1.82, 2.24) is 53.2 Å². The molecule has 46 nitrogen and oxygen atoms in total. The van der Waals surface area contributed by atoms with E-state index < -0.39 is 325 Å². The summed E-state index contributed by atoms with van der Waals surface area (Å²) in [6, 6.07) is 1.02.